The number of aromatic nitrogens is 6. The van der Waals surface area contributed by atoms with Gasteiger partial charge >= 0.3 is 0 Å². The second kappa shape index (κ2) is 11.9. The quantitative estimate of drug-likeness (QED) is 0.253. The summed E-state index contributed by atoms with van der Waals surface area (Å²) < 4.78 is 22.0. The van der Waals surface area contributed by atoms with Crippen LogP contribution in [-0.4, -0.2) is 96.9 Å². The lowest BCUT2D eigenvalue weighted by Crippen LogP contribution is -2.50. The Balaban J connectivity index is 1.80. The van der Waals surface area contributed by atoms with Gasteiger partial charge in [-0.25, -0.2) is 4.39 Å². The Bertz CT molecular complexity index is 1640. The van der Waals surface area contributed by atoms with Crippen LogP contribution in [0.1, 0.15) is 26.7 Å². The molecule has 4 rings (SSSR count). The predicted octanol–water partition coefficient (Wildman–Crippen LogP) is 1.16. The van der Waals surface area contributed by atoms with Gasteiger partial charge in [0.2, 0.25) is 0 Å². The van der Waals surface area contributed by atoms with Crippen LogP contribution in [0.5, 0.6) is 5.75 Å². The Morgan fingerprint density at radius 2 is 1.69 bits per heavy atom. The molecule has 0 spiro atoms. The van der Waals surface area contributed by atoms with E-state index in [-0.39, 0.29) is 51.5 Å². The molecule has 3 aromatic heterocycles. The van der Waals surface area contributed by atoms with E-state index in [1.807, 2.05) is 0 Å². The molecular weight excluding hydrogens is 540 g/mol. The lowest BCUT2D eigenvalue weighted by Gasteiger charge is -2.23. The number of amides is 2. The SMILES string of the molecule is [B]C([B])([B])NC(=O)c1nnc(Nc2ccc(C)nn2)cc1Nc1cc(F)cc(-c2cc(C(=O)N(C)C)n(C)n2)c1OC. The Morgan fingerprint density at radius 1 is 0.976 bits per heavy atom. The van der Waals surface area contributed by atoms with E-state index in [0.29, 0.717) is 11.5 Å². The highest BCUT2D eigenvalue weighted by Gasteiger charge is 2.24. The van der Waals surface area contributed by atoms with Crippen LogP contribution in [0.15, 0.2) is 36.4 Å². The molecule has 0 saturated carbocycles. The van der Waals surface area contributed by atoms with Crippen molar-refractivity contribution >= 4 is 58.4 Å². The number of hydrogen-bond donors (Lipinski definition) is 3. The molecule has 3 N–H and O–H groups in total. The first-order valence-electron chi connectivity index (χ1n) is 12.3. The maximum absolute atomic E-state index is 15.0. The molecule has 1 aromatic carbocycles. The van der Waals surface area contributed by atoms with Gasteiger partial charge in [0, 0.05) is 38.8 Å². The summed E-state index contributed by atoms with van der Waals surface area (Å²) in [5.74, 6) is -1.15. The van der Waals surface area contributed by atoms with E-state index in [1.54, 1.807) is 40.2 Å². The third-order valence-electron chi connectivity index (χ3n) is 5.70. The Hall–Kier alpha value is -4.95. The molecule has 13 nitrogen and oxygen atoms in total. The number of carbonyl (C=O) groups excluding carboxylic acids is 2. The molecule has 17 heteroatoms. The molecule has 0 fully saturated rings. The molecular formula is C25H24B3FN10O3. The fraction of sp³-hybridized carbons (Fsp3) is 0.240. The number of ether oxygens (including phenoxy) is 1. The van der Waals surface area contributed by atoms with Gasteiger partial charge in [-0.2, -0.15) is 10.2 Å². The van der Waals surface area contributed by atoms with E-state index >= 15 is 4.39 Å². The summed E-state index contributed by atoms with van der Waals surface area (Å²) in [4.78, 5) is 26.9. The number of methoxy groups -OCH3 is 1. The molecule has 0 atom stereocenters. The van der Waals surface area contributed by atoms with E-state index in [2.05, 4.69) is 41.4 Å². The van der Waals surface area contributed by atoms with Crippen molar-refractivity contribution < 1.29 is 18.7 Å². The van der Waals surface area contributed by atoms with Gasteiger partial charge in [-0.15, -0.1) is 15.3 Å². The van der Waals surface area contributed by atoms with Crippen LogP contribution in [0.3, 0.4) is 0 Å². The Kier molecular flexibility index (Phi) is 8.50. The molecule has 0 unspecified atom stereocenters. The number of nitrogens with zero attached hydrogens (tertiary/aromatic N) is 7. The van der Waals surface area contributed by atoms with Crippen molar-refractivity contribution in [2.45, 2.75) is 12.2 Å². The molecule has 3 heterocycles. The minimum absolute atomic E-state index is 0.0497. The summed E-state index contributed by atoms with van der Waals surface area (Å²) in [7, 11) is 22.8. The molecule has 2 amide bonds. The highest BCUT2D eigenvalue weighted by atomic mass is 19.1. The number of aryl methyl sites for hydroxylation is 2. The topological polar surface area (TPSA) is 152 Å². The summed E-state index contributed by atoms with van der Waals surface area (Å²) in [5, 5.41) is 26.4. The molecule has 0 aliphatic rings. The fourth-order valence-electron chi connectivity index (χ4n) is 3.84. The smallest absolute Gasteiger partial charge is 0.272 e. The number of carbonyl (C=O) groups is 2. The minimum atomic E-state index is -2.06. The van der Waals surface area contributed by atoms with Gasteiger partial charge in [0.05, 0.1) is 53.4 Å². The van der Waals surface area contributed by atoms with E-state index < -0.39 is 17.0 Å². The van der Waals surface area contributed by atoms with Crippen LogP contribution in [0, 0.1) is 12.7 Å². The highest BCUT2D eigenvalue weighted by molar-refractivity contribution is 6.60. The fourth-order valence-corrected chi connectivity index (χ4v) is 3.84. The number of halogens is 1. The van der Waals surface area contributed by atoms with E-state index in [1.165, 1.54) is 34.9 Å². The molecule has 0 aliphatic heterocycles. The number of hydrogen-bond acceptors (Lipinski definition) is 10. The first kappa shape index (κ1) is 30.0. The van der Waals surface area contributed by atoms with Crippen molar-refractivity contribution in [2.24, 2.45) is 7.05 Å². The van der Waals surface area contributed by atoms with E-state index in [0.717, 1.165) is 6.07 Å². The van der Waals surface area contributed by atoms with Gasteiger partial charge in [0.15, 0.2) is 23.1 Å². The number of rotatable bonds is 9. The van der Waals surface area contributed by atoms with Crippen molar-refractivity contribution in [1.82, 2.24) is 40.4 Å². The van der Waals surface area contributed by atoms with Crippen LogP contribution in [0.2, 0.25) is 0 Å². The molecule has 0 bridgehead atoms. The second-order valence-corrected chi connectivity index (χ2v) is 9.46. The standard InChI is InChI=1S/C25H24B3FN10O3/c1-12-6-7-19(34-33-12)31-20-11-16(21(36-35-20)23(40)32-25(26,27)28)30-17-9-13(29)8-14(22(17)42-5)15-10-18(39(4)37-15)24(41)38(2)3/h6-11H,1-5H3,(H,32,40)(H2,30,31,34,35). The van der Waals surface area contributed by atoms with Gasteiger partial charge in [-0.3, -0.25) is 14.3 Å². The average Bonchev–Trinajstić information content (AvgIpc) is 3.29. The van der Waals surface area contributed by atoms with Crippen LogP contribution in [0.4, 0.5) is 27.4 Å². The zero-order valence-electron chi connectivity index (χ0n) is 23.4. The maximum Gasteiger partial charge on any atom is 0.272 e. The third kappa shape index (κ3) is 6.85. The zero-order valence-corrected chi connectivity index (χ0v) is 23.4. The van der Waals surface area contributed by atoms with Gasteiger partial charge in [0.25, 0.3) is 11.8 Å². The number of benzene rings is 1. The van der Waals surface area contributed by atoms with E-state index in [4.69, 9.17) is 28.3 Å². The van der Waals surface area contributed by atoms with Crippen molar-refractivity contribution in [2.75, 3.05) is 31.8 Å². The number of nitrogens with one attached hydrogen (secondary N) is 3. The monoisotopic (exact) mass is 564 g/mol. The third-order valence-corrected chi connectivity index (χ3v) is 5.70. The average molecular weight is 564 g/mol. The Labute approximate surface area is 244 Å². The summed E-state index contributed by atoms with van der Waals surface area (Å²) in [6, 6.07) is 8.71. The van der Waals surface area contributed by atoms with Gasteiger partial charge in [-0.1, -0.05) is 5.24 Å². The van der Waals surface area contributed by atoms with Crippen molar-refractivity contribution in [3.63, 3.8) is 0 Å². The van der Waals surface area contributed by atoms with Crippen molar-refractivity contribution in [1.29, 1.82) is 0 Å². The summed E-state index contributed by atoms with van der Waals surface area (Å²) >= 11 is 0. The second-order valence-electron chi connectivity index (χ2n) is 9.46. The van der Waals surface area contributed by atoms with Crippen molar-refractivity contribution in [3.05, 3.63) is 59.3 Å². The molecule has 0 saturated heterocycles. The van der Waals surface area contributed by atoms with Crippen LogP contribution in [-0.2, 0) is 7.05 Å². The molecule has 42 heavy (non-hydrogen) atoms. The molecule has 208 valence electrons. The highest BCUT2D eigenvalue weighted by Crippen LogP contribution is 2.39. The maximum atomic E-state index is 15.0. The lowest BCUT2D eigenvalue weighted by atomic mass is 9.49. The van der Waals surface area contributed by atoms with Gasteiger partial charge < -0.3 is 25.6 Å². The van der Waals surface area contributed by atoms with Crippen LogP contribution in [0.25, 0.3) is 11.3 Å². The summed E-state index contributed by atoms with van der Waals surface area (Å²) in [6.45, 7) is 1.78. The van der Waals surface area contributed by atoms with Crippen LogP contribution >= 0.6 is 0 Å². The largest absolute Gasteiger partial charge is 0.494 e. The lowest BCUT2D eigenvalue weighted by molar-refractivity contribution is 0.0816. The first-order valence-corrected chi connectivity index (χ1v) is 12.3. The van der Waals surface area contributed by atoms with Crippen LogP contribution < -0.4 is 20.7 Å². The molecule has 4 aromatic rings. The normalized spacial score (nSPS) is 11.1. The first-order chi connectivity index (χ1) is 19.8. The molecule has 6 radical (unpaired) electrons. The predicted molar refractivity (Wildman–Crippen MR) is 156 cm³/mol. The summed E-state index contributed by atoms with van der Waals surface area (Å²) in [6.07, 6.45) is 0. The molecule has 0 aliphatic carbocycles. The Morgan fingerprint density at radius 3 is 2.31 bits per heavy atom. The van der Waals surface area contributed by atoms with Crippen molar-refractivity contribution in [3.8, 4) is 17.0 Å². The van der Waals surface area contributed by atoms with E-state index in [9.17, 15) is 9.59 Å². The number of anilines is 4. The minimum Gasteiger partial charge on any atom is -0.494 e. The van der Waals surface area contributed by atoms with Gasteiger partial charge in [0.1, 0.15) is 11.5 Å². The summed E-state index contributed by atoms with van der Waals surface area (Å²) in [5.41, 5.74) is 1.36. The zero-order chi connectivity index (χ0) is 30.8. The van der Waals surface area contributed by atoms with Gasteiger partial charge in [-0.05, 0) is 31.2 Å².